The van der Waals surface area contributed by atoms with E-state index in [9.17, 15) is 9.59 Å². The van der Waals surface area contributed by atoms with Crippen LogP contribution in [0.1, 0.15) is 135 Å². The lowest BCUT2D eigenvalue weighted by atomic mass is 9.98. The van der Waals surface area contributed by atoms with E-state index >= 15 is 0 Å². The van der Waals surface area contributed by atoms with Crippen LogP contribution in [-0.2, 0) is 14.3 Å². The fourth-order valence-corrected chi connectivity index (χ4v) is 4.03. The quantitative estimate of drug-likeness (QED) is 0.132. The van der Waals surface area contributed by atoms with Gasteiger partial charge in [-0.3, -0.25) is 9.59 Å². The third-order valence-corrected chi connectivity index (χ3v) is 5.87. The van der Waals surface area contributed by atoms with Crippen molar-refractivity contribution >= 4 is 11.9 Å². The number of hydrogen-bond donors (Lipinski definition) is 0. The Morgan fingerprint density at radius 1 is 0.630 bits per heavy atom. The molecule has 1 atom stereocenters. The number of cyclic esters (lactones) is 2. The van der Waals surface area contributed by atoms with Crippen LogP contribution in [0.2, 0.25) is 0 Å². The molecular weight excluding hydrogens is 336 g/mol. The lowest BCUT2D eigenvalue weighted by molar-refractivity contribution is -0.153. The van der Waals surface area contributed by atoms with E-state index in [-0.39, 0.29) is 17.9 Å². The summed E-state index contributed by atoms with van der Waals surface area (Å²) >= 11 is 0. The monoisotopic (exact) mass is 380 g/mol. The second kappa shape index (κ2) is 17.3. The first-order valence-corrected chi connectivity index (χ1v) is 12.0. The first kappa shape index (κ1) is 24.2. The Hall–Kier alpha value is -0.860. The van der Waals surface area contributed by atoms with Crippen LogP contribution in [0.5, 0.6) is 0 Å². The van der Waals surface area contributed by atoms with E-state index in [1.54, 1.807) is 0 Å². The lowest BCUT2D eigenvalue weighted by Crippen LogP contribution is -2.06. The number of hydrogen-bond acceptors (Lipinski definition) is 3. The van der Waals surface area contributed by atoms with E-state index in [0.29, 0.717) is 6.42 Å². The largest absolute Gasteiger partial charge is 0.393 e. The summed E-state index contributed by atoms with van der Waals surface area (Å²) in [5.74, 6) is -0.794. The SMILES string of the molecule is CCCCCCCCCCCCCCCCCCCC[C@H]1CC(=O)OC1=O. The predicted octanol–water partition coefficient (Wildman–Crippen LogP) is 7.51. The molecule has 1 fully saturated rings. The van der Waals surface area contributed by atoms with Gasteiger partial charge in [0.25, 0.3) is 0 Å². The molecule has 0 radical (unpaired) electrons. The molecule has 0 unspecified atom stereocenters. The second-order valence-corrected chi connectivity index (χ2v) is 8.49. The third kappa shape index (κ3) is 13.9. The summed E-state index contributed by atoms with van der Waals surface area (Å²) in [5.41, 5.74) is 0. The highest BCUT2D eigenvalue weighted by Gasteiger charge is 2.32. The summed E-state index contributed by atoms with van der Waals surface area (Å²) in [6.07, 6.45) is 25.7. The predicted molar refractivity (Wildman–Crippen MR) is 113 cm³/mol. The van der Waals surface area contributed by atoms with Crippen molar-refractivity contribution < 1.29 is 14.3 Å². The number of esters is 2. The zero-order chi connectivity index (χ0) is 19.6. The Balaban J connectivity index is 1.70. The molecule has 0 aromatic rings. The zero-order valence-electron chi connectivity index (χ0n) is 17.9. The van der Waals surface area contributed by atoms with Crippen LogP contribution in [0.25, 0.3) is 0 Å². The van der Waals surface area contributed by atoms with E-state index in [1.165, 1.54) is 109 Å². The average Bonchev–Trinajstić information content (AvgIpc) is 2.98. The van der Waals surface area contributed by atoms with Crippen LogP contribution in [-0.4, -0.2) is 11.9 Å². The third-order valence-electron chi connectivity index (χ3n) is 5.87. The van der Waals surface area contributed by atoms with Gasteiger partial charge in [-0.15, -0.1) is 0 Å². The van der Waals surface area contributed by atoms with Gasteiger partial charge in [0.2, 0.25) is 0 Å². The van der Waals surface area contributed by atoms with Crippen molar-refractivity contribution in [2.75, 3.05) is 0 Å². The van der Waals surface area contributed by atoms with Gasteiger partial charge in [0.05, 0.1) is 12.3 Å². The zero-order valence-corrected chi connectivity index (χ0v) is 17.9. The van der Waals surface area contributed by atoms with E-state index < -0.39 is 0 Å². The number of carbonyl (C=O) groups is 2. The van der Waals surface area contributed by atoms with E-state index in [4.69, 9.17) is 0 Å². The maximum Gasteiger partial charge on any atom is 0.317 e. The molecule has 1 heterocycles. The molecule has 3 heteroatoms. The summed E-state index contributed by atoms with van der Waals surface area (Å²) in [7, 11) is 0. The number of ether oxygens (including phenoxy) is 1. The molecule has 0 saturated carbocycles. The fourth-order valence-electron chi connectivity index (χ4n) is 4.03. The minimum Gasteiger partial charge on any atom is -0.393 e. The van der Waals surface area contributed by atoms with E-state index in [0.717, 1.165) is 12.8 Å². The highest BCUT2D eigenvalue weighted by atomic mass is 16.6. The highest BCUT2D eigenvalue weighted by molar-refractivity contribution is 5.94. The molecule has 158 valence electrons. The van der Waals surface area contributed by atoms with Crippen LogP contribution < -0.4 is 0 Å². The molecular formula is C24H44O3. The standard InChI is InChI=1S/C24H44O3/c1-2-3-4-5-6-7-8-9-10-11-12-13-14-15-16-17-18-19-20-22-21-23(25)27-24(22)26/h22H,2-21H2,1H3/t22-/m0/s1. The van der Waals surface area contributed by atoms with Gasteiger partial charge < -0.3 is 4.74 Å². The smallest absolute Gasteiger partial charge is 0.317 e. The van der Waals surface area contributed by atoms with Crippen molar-refractivity contribution in [1.82, 2.24) is 0 Å². The molecule has 3 nitrogen and oxygen atoms in total. The van der Waals surface area contributed by atoms with Crippen molar-refractivity contribution in [2.45, 2.75) is 135 Å². The van der Waals surface area contributed by atoms with Crippen LogP contribution in [0, 0.1) is 5.92 Å². The number of carbonyl (C=O) groups excluding carboxylic acids is 2. The maximum absolute atomic E-state index is 11.4. The molecule has 0 bridgehead atoms. The van der Waals surface area contributed by atoms with Gasteiger partial charge in [0.15, 0.2) is 0 Å². The Morgan fingerprint density at radius 3 is 1.33 bits per heavy atom. The minimum atomic E-state index is -0.340. The van der Waals surface area contributed by atoms with Gasteiger partial charge in [-0.1, -0.05) is 122 Å². The lowest BCUT2D eigenvalue weighted by Gasteiger charge is -2.05. The van der Waals surface area contributed by atoms with Gasteiger partial charge in [-0.25, -0.2) is 0 Å². The fraction of sp³-hybridized carbons (Fsp3) is 0.917. The average molecular weight is 381 g/mol. The van der Waals surface area contributed by atoms with Crippen LogP contribution in [0.4, 0.5) is 0 Å². The molecule has 0 spiro atoms. The van der Waals surface area contributed by atoms with Crippen LogP contribution in [0.3, 0.4) is 0 Å². The molecule has 1 aliphatic heterocycles. The molecule has 1 rings (SSSR count). The van der Waals surface area contributed by atoms with Gasteiger partial charge in [-0.05, 0) is 6.42 Å². The highest BCUT2D eigenvalue weighted by Crippen LogP contribution is 2.22. The van der Waals surface area contributed by atoms with Crippen molar-refractivity contribution in [3.63, 3.8) is 0 Å². The van der Waals surface area contributed by atoms with Crippen molar-refractivity contribution in [3.05, 3.63) is 0 Å². The Kier molecular flexibility index (Phi) is 15.4. The molecule has 1 aliphatic rings. The summed E-state index contributed by atoms with van der Waals surface area (Å²) in [6.45, 7) is 2.28. The van der Waals surface area contributed by atoms with Crippen LogP contribution >= 0.6 is 0 Å². The van der Waals surface area contributed by atoms with Crippen molar-refractivity contribution in [3.8, 4) is 0 Å². The molecule has 0 amide bonds. The molecule has 27 heavy (non-hydrogen) atoms. The number of rotatable bonds is 19. The molecule has 1 saturated heterocycles. The maximum atomic E-state index is 11.4. The van der Waals surface area contributed by atoms with Gasteiger partial charge in [0.1, 0.15) is 0 Å². The Morgan fingerprint density at radius 2 is 1.00 bits per heavy atom. The van der Waals surface area contributed by atoms with E-state index in [1.807, 2.05) is 0 Å². The van der Waals surface area contributed by atoms with Gasteiger partial charge in [-0.2, -0.15) is 0 Å². The summed E-state index contributed by atoms with van der Waals surface area (Å²) in [4.78, 5) is 22.4. The number of unbranched alkanes of at least 4 members (excludes halogenated alkanes) is 17. The van der Waals surface area contributed by atoms with E-state index in [2.05, 4.69) is 11.7 Å². The van der Waals surface area contributed by atoms with Crippen LogP contribution in [0.15, 0.2) is 0 Å². The first-order chi connectivity index (χ1) is 13.2. The van der Waals surface area contributed by atoms with Crippen molar-refractivity contribution in [1.29, 1.82) is 0 Å². The second-order valence-electron chi connectivity index (χ2n) is 8.49. The first-order valence-electron chi connectivity index (χ1n) is 12.0. The Bertz CT molecular complexity index is 378. The molecule has 0 aromatic carbocycles. The normalized spacial score (nSPS) is 16.9. The molecule has 0 aromatic heterocycles. The Labute approximate surface area is 168 Å². The van der Waals surface area contributed by atoms with Gasteiger partial charge >= 0.3 is 11.9 Å². The topological polar surface area (TPSA) is 43.4 Å². The molecule has 0 N–H and O–H groups in total. The summed E-state index contributed by atoms with van der Waals surface area (Å²) in [5, 5.41) is 0. The van der Waals surface area contributed by atoms with Crippen molar-refractivity contribution in [2.24, 2.45) is 5.92 Å². The summed E-state index contributed by atoms with van der Waals surface area (Å²) in [6, 6.07) is 0. The summed E-state index contributed by atoms with van der Waals surface area (Å²) < 4.78 is 4.58. The minimum absolute atomic E-state index is 0.154. The molecule has 0 aliphatic carbocycles. The van der Waals surface area contributed by atoms with Gasteiger partial charge in [0, 0.05) is 0 Å².